The number of carbonyl (C=O) groups is 1. The van der Waals surface area contributed by atoms with E-state index in [0.29, 0.717) is 6.54 Å². The minimum Gasteiger partial charge on any atom is -0.508 e. The Labute approximate surface area is 155 Å². The number of aryl methyl sites for hydroxylation is 1. The minimum atomic E-state index is -0.426. The van der Waals surface area contributed by atoms with E-state index in [2.05, 4.69) is 15.1 Å². The Morgan fingerprint density at radius 2 is 2.04 bits per heavy atom. The number of rotatable bonds is 4. The molecule has 1 atom stereocenters. The predicted molar refractivity (Wildman–Crippen MR) is 98.7 cm³/mol. The first-order chi connectivity index (χ1) is 13.1. The van der Waals surface area contributed by atoms with Crippen molar-refractivity contribution in [2.75, 3.05) is 6.54 Å². The molecule has 1 aliphatic heterocycles. The first kappa shape index (κ1) is 17.3. The number of aromatic nitrogens is 4. The molecule has 3 heterocycles. The highest BCUT2D eigenvalue weighted by molar-refractivity contribution is 5.94. The third-order valence-electron chi connectivity index (χ3n) is 5.13. The van der Waals surface area contributed by atoms with Gasteiger partial charge in [-0.1, -0.05) is 12.1 Å². The lowest BCUT2D eigenvalue weighted by molar-refractivity contribution is 0.0599. The van der Waals surface area contributed by atoms with Gasteiger partial charge < -0.3 is 10.0 Å². The number of aromatic amines is 1. The van der Waals surface area contributed by atoms with Crippen LogP contribution in [0, 0.1) is 0 Å². The number of H-pyrrole nitrogens is 1. The third kappa shape index (κ3) is 3.42. The van der Waals surface area contributed by atoms with Gasteiger partial charge in [-0.05, 0) is 49.8 Å². The highest BCUT2D eigenvalue weighted by Gasteiger charge is 2.29. The van der Waals surface area contributed by atoms with Crippen LogP contribution in [0.4, 0.5) is 0 Å². The molecule has 8 nitrogen and oxygen atoms in total. The Morgan fingerprint density at radius 3 is 2.85 bits per heavy atom. The molecule has 1 unspecified atom stereocenters. The van der Waals surface area contributed by atoms with Gasteiger partial charge in [0.15, 0.2) is 0 Å². The zero-order chi connectivity index (χ0) is 18.8. The maximum atomic E-state index is 13.1. The van der Waals surface area contributed by atoms with Crippen LogP contribution in [0.15, 0.2) is 41.6 Å². The molecule has 4 rings (SSSR count). The number of amides is 1. The topological polar surface area (TPSA) is 104 Å². The molecule has 1 amide bonds. The summed E-state index contributed by atoms with van der Waals surface area (Å²) in [6.07, 6.45) is 7.25. The number of nitrogens with zero attached hydrogens (tertiary/aromatic N) is 4. The molecule has 2 aromatic heterocycles. The fraction of sp³-hybridized carbons (Fsp3) is 0.368. The number of aromatic hydroxyl groups is 1. The molecule has 0 bridgehead atoms. The quantitative estimate of drug-likeness (QED) is 0.731. The Balaban J connectivity index is 1.53. The Kier molecular flexibility index (Phi) is 4.62. The monoisotopic (exact) mass is 367 g/mol. The number of nitrogens with one attached hydrogen (secondary N) is 1. The van der Waals surface area contributed by atoms with Gasteiger partial charge in [0.1, 0.15) is 17.6 Å². The van der Waals surface area contributed by atoms with Crippen LogP contribution in [0.25, 0.3) is 5.78 Å². The Morgan fingerprint density at radius 1 is 1.22 bits per heavy atom. The summed E-state index contributed by atoms with van der Waals surface area (Å²) in [5.74, 6) is 0.223. The fourth-order valence-electron chi connectivity index (χ4n) is 3.66. The average Bonchev–Trinajstić information content (AvgIpc) is 3.17. The van der Waals surface area contributed by atoms with Crippen LogP contribution in [-0.2, 0) is 6.42 Å². The van der Waals surface area contributed by atoms with Gasteiger partial charge in [-0.15, -0.1) is 0 Å². The maximum absolute atomic E-state index is 13.1. The van der Waals surface area contributed by atoms with Crippen molar-refractivity contribution in [3.8, 4) is 5.75 Å². The van der Waals surface area contributed by atoms with Crippen molar-refractivity contribution in [3.05, 3.63) is 58.3 Å². The third-order valence-corrected chi connectivity index (χ3v) is 5.13. The standard InChI is InChI=1S/C19H21N5O3/c25-15-8-5-13(6-9-15)4-7-14-3-1-2-10-23(14)17(26)16-11-20-19-21-12-22-24(19)18(16)27/h5-6,8-9,11-12,14,25H,1-4,7,10H2,(H,20,21,22). The van der Waals surface area contributed by atoms with E-state index >= 15 is 0 Å². The summed E-state index contributed by atoms with van der Waals surface area (Å²) >= 11 is 0. The summed E-state index contributed by atoms with van der Waals surface area (Å²) in [7, 11) is 0. The number of likely N-dealkylation sites (tertiary alicyclic amines) is 1. The second-order valence-electron chi connectivity index (χ2n) is 6.85. The number of hydrogen-bond acceptors (Lipinski definition) is 5. The zero-order valence-corrected chi connectivity index (χ0v) is 14.8. The van der Waals surface area contributed by atoms with E-state index in [0.717, 1.165) is 37.7 Å². The molecule has 8 heteroatoms. The molecular weight excluding hydrogens is 346 g/mol. The van der Waals surface area contributed by atoms with E-state index in [-0.39, 0.29) is 29.0 Å². The molecule has 1 fully saturated rings. The molecule has 0 saturated carbocycles. The summed E-state index contributed by atoms with van der Waals surface area (Å²) in [4.78, 5) is 35.5. The first-order valence-electron chi connectivity index (χ1n) is 9.13. The molecule has 0 spiro atoms. The van der Waals surface area contributed by atoms with E-state index in [4.69, 9.17) is 0 Å². The van der Waals surface area contributed by atoms with Crippen LogP contribution in [0.2, 0.25) is 0 Å². The smallest absolute Gasteiger partial charge is 0.286 e. The lowest BCUT2D eigenvalue weighted by Crippen LogP contribution is -2.46. The molecule has 0 radical (unpaired) electrons. The molecule has 1 aromatic carbocycles. The number of hydrogen-bond donors (Lipinski definition) is 2. The molecule has 1 aliphatic rings. The summed E-state index contributed by atoms with van der Waals surface area (Å²) in [5, 5.41) is 12.1. The summed E-state index contributed by atoms with van der Waals surface area (Å²) in [5.41, 5.74) is 0.755. The van der Waals surface area contributed by atoms with E-state index in [9.17, 15) is 14.7 Å². The highest BCUT2D eigenvalue weighted by Crippen LogP contribution is 2.23. The lowest BCUT2D eigenvalue weighted by atomic mass is 9.95. The SMILES string of the molecule is O=C(c1cnc2nc[nH]n2c1=O)N1CCCCC1CCc1ccc(O)cc1. The van der Waals surface area contributed by atoms with Crippen molar-refractivity contribution in [1.82, 2.24) is 24.5 Å². The van der Waals surface area contributed by atoms with Crippen LogP contribution in [0.5, 0.6) is 5.75 Å². The summed E-state index contributed by atoms with van der Waals surface area (Å²) in [6, 6.07) is 7.22. The van der Waals surface area contributed by atoms with Crippen LogP contribution in [0.1, 0.15) is 41.6 Å². The number of phenols is 1. The van der Waals surface area contributed by atoms with Crippen molar-refractivity contribution in [2.24, 2.45) is 0 Å². The van der Waals surface area contributed by atoms with Gasteiger partial charge in [-0.3, -0.25) is 14.7 Å². The van der Waals surface area contributed by atoms with Crippen LogP contribution in [0.3, 0.4) is 0 Å². The predicted octanol–water partition coefficient (Wildman–Crippen LogP) is 1.75. The first-order valence-corrected chi connectivity index (χ1v) is 9.13. The van der Waals surface area contributed by atoms with Gasteiger partial charge in [-0.2, -0.15) is 4.52 Å². The second kappa shape index (κ2) is 7.22. The number of phenolic OH excluding ortho intramolecular Hbond substituents is 1. The number of benzene rings is 1. The summed E-state index contributed by atoms with van der Waals surface area (Å²) < 4.78 is 1.18. The van der Waals surface area contributed by atoms with Crippen LogP contribution >= 0.6 is 0 Å². The van der Waals surface area contributed by atoms with Crippen LogP contribution in [-0.4, -0.2) is 48.1 Å². The molecule has 2 N–H and O–H groups in total. The van der Waals surface area contributed by atoms with Gasteiger partial charge in [0, 0.05) is 18.8 Å². The van der Waals surface area contributed by atoms with Crippen molar-refractivity contribution >= 4 is 11.7 Å². The second-order valence-corrected chi connectivity index (χ2v) is 6.85. The van der Waals surface area contributed by atoms with Gasteiger partial charge in [0.2, 0.25) is 0 Å². The van der Waals surface area contributed by atoms with E-state index < -0.39 is 5.56 Å². The van der Waals surface area contributed by atoms with E-state index in [1.165, 1.54) is 17.0 Å². The minimum absolute atomic E-state index is 0.0632. The molecule has 0 aliphatic carbocycles. The number of piperidine rings is 1. The van der Waals surface area contributed by atoms with Crippen molar-refractivity contribution in [1.29, 1.82) is 0 Å². The Bertz CT molecular complexity index is 1010. The van der Waals surface area contributed by atoms with Crippen molar-refractivity contribution in [2.45, 2.75) is 38.1 Å². The molecular formula is C19H21N5O3. The maximum Gasteiger partial charge on any atom is 0.286 e. The molecule has 3 aromatic rings. The molecule has 1 saturated heterocycles. The molecule has 140 valence electrons. The summed E-state index contributed by atoms with van der Waals surface area (Å²) in [6.45, 7) is 0.643. The number of fused-ring (bicyclic) bond motifs is 1. The lowest BCUT2D eigenvalue weighted by Gasteiger charge is -2.35. The van der Waals surface area contributed by atoms with E-state index in [1.807, 2.05) is 17.0 Å². The highest BCUT2D eigenvalue weighted by atomic mass is 16.3. The van der Waals surface area contributed by atoms with E-state index in [1.54, 1.807) is 12.1 Å². The van der Waals surface area contributed by atoms with Gasteiger partial charge in [0.05, 0.1) is 0 Å². The van der Waals surface area contributed by atoms with Gasteiger partial charge >= 0.3 is 0 Å². The van der Waals surface area contributed by atoms with Crippen LogP contribution < -0.4 is 5.56 Å². The van der Waals surface area contributed by atoms with Crippen molar-refractivity contribution in [3.63, 3.8) is 0 Å². The largest absolute Gasteiger partial charge is 0.508 e. The zero-order valence-electron chi connectivity index (χ0n) is 14.8. The normalized spacial score (nSPS) is 17.3. The Hall–Kier alpha value is -3.16. The van der Waals surface area contributed by atoms with Gasteiger partial charge in [0.25, 0.3) is 17.2 Å². The van der Waals surface area contributed by atoms with Crippen molar-refractivity contribution < 1.29 is 9.90 Å². The number of carbonyl (C=O) groups excluding carboxylic acids is 1. The fourth-order valence-corrected chi connectivity index (χ4v) is 3.66. The average molecular weight is 367 g/mol. The molecule has 27 heavy (non-hydrogen) atoms. The van der Waals surface area contributed by atoms with Gasteiger partial charge in [-0.25, -0.2) is 9.97 Å².